The zero-order chi connectivity index (χ0) is 15.6. The van der Waals surface area contributed by atoms with Crippen molar-refractivity contribution < 1.29 is 9.90 Å². The summed E-state index contributed by atoms with van der Waals surface area (Å²) < 4.78 is 2.90. The number of rotatable bonds is 3. The number of halogens is 2. The molecule has 6 nitrogen and oxygen atoms in total. The molecule has 0 aliphatic rings. The molecular weight excluding hydrogens is 404 g/mol. The monoisotopic (exact) mass is 414 g/mol. The van der Waals surface area contributed by atoms with E-state index < -0.39 is 5.91 Å². The van der Waals surface area contributed by atoms with Crippen LogP contribution in [0.3, 0.4) is 0 Å². The first-order chi connectivity index (χ1) is 9.90. The van der Waals surface area contributed by atoms with E-state index in [4.69, 9.17) is 0 Å². The molecule has 21 heavy (non-hydrogen) atoms. The standard InChI is InChI=1S/C13H12Br2N4O2/c1-7-11(15)12(19(2)18-7)13(21)17-16-6-8-5-9(14)3-4-10(8)20/h3-6,20H,1-2H3,(H,17,21). The molecule has 0 saturated carbocycles. The van der Waals surface area contributed by atoms with Crippen molar-refractivity contribution in [2.24, 2.45) is 12.1 Å². The van der Waals surface area contributed by atoms with Gasteiger partial charge in [-0.05, 0) is 41.1 Å². The molecule has 2 aromatic rings. The van der Waals surface area contributed by atoms with E-state index >= 15 is 0 Å². The average molecular weight is 416 g/mol. The average Bonchev–Trinajstić information content (AvgIpc) is 2.67. The number of phenols is 1. The summed E-state index contributed by atoms with van der Waals surface area (Å²) in [5.74, 6) is -0.315. The molecule has 0 aliphatic heterocycles. The van der Waals surface area contributed by atoms with E-state index in [1.54, 1.807) is 26.1 Å². The molecule has 2 N–H and O–H groups in total. The van der Waals surface area contributed by atoms with Crippen LogP contribution in [-0.4, -0.2) is 27.0 Å². The highest BCUT2D eigenvalue weighted by molar-refractivity contribution is 9.10. The van der Waals surface area contributed by atoms with Crippen molar-refractivity contribution in [2.75, 3.05) is 0 Å². The van der Waals surface area contributed by atoms with Crippen molar-refractivity contribution >= 4 is 44.0 Å². The van der Waals surface area contributed by atoms with Crippen LogP contribution in [0.1, 0.15) is 21.7 Å². The molecule has 0 spiro atoms. The van der Waals surface area contributed by atoms with Crippen LogP contribution < -0.4 is 5.43 Å². The van der Waals surface area contributed by atoms with Crippen LogP contribution in [-0.2, 0) is 7.05 Å². The Bertz CT molecular complexity index is 725. The third-order valence-corrected chi connectivity index (χ3v) is 4.17. The van der Waals surface area contributed by atoms with Gasteiger partial charge in [-0.25, -0.2) is 5.43 Å². The van der Waals surface area contributed by atoms with Gasteiger partial charge in [0.2, 0.25) is 0 Å². The largest absolute Gasteiger partial charge is 0.507 e. The maximum absolute atomic E-state index is 12.1. The second kappa shape index (κ2) is 6.40. The molecule has 0 radical (unpaired) electrons. The SMILES string of the molecule is Cc1nn(C)c(C(=O)NN=Cc2cc(Br)ccc2O)c1Br. The quantitative estimate of drug-likeness (QED) is 0.597. The fourth-order valence-electron chi connectivity index (χ4n) is 1.72. The molecule has 2 rings (SSSR count). The highest BCUT2D eigenvalue weighted by Crippen LogP contribution is 2.21. The van der Waals surface area contributed by atoms with Gasteiger partial charge in [0.25, 0.3) is 5.91 Å². The summed E-state index contributed by atoms with van der Waals surface area (Å²) in [7, 11) is 1.68. The molecular formula is C13H12Br2N4O2. The molecule has 110 valence electrons. The summed E-state index contributed by atoms with van der Waals surface area (Å²) in [6.07, 6.45) is 1.37. The first-order valence-electron chi connectivity index (χ1n) is 5.91. The summed E-state index contributed by atoms with van der Waals surface area (Å²) in [4.78, 5) is 12.1. The molecule has 0 fully saturated rings. The molecule has 0 bridgehead atoms. The molecule has 1 aromatic heterocycles. The number of hydrogen-bond donors (Lipinski definition) is 2. The third kappa shape index (κ3) is 3.51. The van der Waals surface area contributed by atoms with Crippen molar-refractivity contribution in [3.05, 3.63) is 44.1 Å². The van der Waals surface area contributed by atoms with Gasteiger partial charge in [-0.15, -0.1) is 0 Å². The Kier molecular flexibility index (Phi) is 4.79. The lowest BCUT2D eigenvalue weighted by molar-refractivity contribution is 0.0945. The topological polar surface area (TPSA) is 79.5 Å². The number of aryl methyl sites for hydroxylation is 2. The Labute approximate surface area is 138 Å². The van der Waals surface area contributed by atoms with E-state index in [0.29, 0.717) is 15.7 Å². The molecule has 1 heterocycles. The number of amides is 1. The highest BCUT2D eigenvalue weighted by Gasteiger charge is 2.17. The van der Waals surface area contributed by atoms with Crippen molar-refractivity contribution in [1.82, 2.24) is 15.2 Å². The lowest BCUT2D eigenvalue weighted by Gasteiger charge is -2.02. The van der Waals surface area contributed by atoms with Gasteiger partial charge < -0.3 is 5.11 Å². The van der Waals surface area contributed by atoms with Crippen LogP contribution in [0.5, 0.6) is 5.75 Å². The summed E-state index contributed by atoms with van der Waals surface area (Å²) in [5, 5.41) is 17.6. The predicted molar refractivity (Wildman–Crippen MR) is 86.5 cm³/mol. The number of benzene rings is 1. The summed E-state index contributed by atoms with van der Waals surface area (Å²) in [6.45, 7) is 1.80. The molecule has 1 amide bonds. The minimum absolute atomic E-state index is 0.0776. The molecule has 0 atom stereocenters. The number of nitrogens with one attached hydrogen (secondary N) is 1. The van der Waals surface area contributed by atoms with Crippen molar-refractivity contribution in [3.8, 4) is 5.75 Å². The van der Waals surface area contributed by atoms with Gasteiger partial charge in [-0.1, -0.05) is 15.9 Å². The second-order valence-corrected chi connectivity index (χ2v) is 5.98. The summed E-state index contributed by atoms with van der Waals surface area (Å²) in [5.41, 5.74) is 3.99. The summed E-state index contributed by atoms with van der Waals surface area (Å²) >= 11 is 6.62. The van der Waals surface area contributed by atoms with Gasteiger partial charge in [0.05, 0.1) is 16.4 Å². The van der Waals surface area contributed by atoms with Gasteiger partial charge in [0, 0.05) is 17.1 Å². The Morgan fingerprint density at radius 2 is 2.19 bits per heavy atom. The fraction of sp³-hybridized carbons (Fsp3) is 0.154. The van der Waals surface area contributed by atoms with Gasteiger partial charge in [0.1, 0.15) is 11.4 Å². The molecule has 8 heteroatoms. The maximum Gasteiger partial charge on any atom is 0.290 e. The van der Waals surface area contributed by atoms with Gasteiger partial charge in [-0.3, -0.25) is 9.48 Å². The summed E-state index contributed by atoms with van der Waals surface area (Å²) in [6, 6.07) is 4.93. The van der Waals surface area contributed by atoms with E-state index in [9.17, 15) is 9.90 Å². The second-order valence-electron chi connectivity index (χ2n) is 4.27. The van der Waals surface area contributed by atoms with E-state index in [1.807, 2.05) is 0 Å². The number of carbonyl (C=O) groups is 1. The number of phenolic OH excluding ortho intramolecular Hbond substituents is 1. The zero-order valence-electron chi connectivity index (χ0n) is 11.3. The number of aromatic hydroxyl groups is 1. The van der Waals surface area contributed by atoms with Gasteiger partial charge >= 0.3 is 0 Å². The zero-order valence-corrected chi connectivity index (χ0v) is 14.4. The van der Waals surface area contributed by atoms with E-state index in [1.165, 1.54) is 17.0 Å². The van der Waals surface area contributed by atoms with Crippen LogP contribution in [0.15, 0.2) is 32.2 Å². The molecule has 0 saturated heterocycles. The van der Waals surface area contributed by atoms with Crippen LogP contribution in [0.4, 0.5) is 0 Å². The first kappa shape index (κ1) is 15.7. The van der Waals surface area contributed by atoms with Crippen molar-refractivity contribution in [2.45, 2.75) is 6.92 Å². The first-order valence-corrected chi connectivity index (χ1v) is 7.49. The number of nitrogens with zero attached hydrogens (tertiary/aromatic N) is 3. The number of hydrogen-bond acceptors (Lipinski definition) is 4. The van der Waals surface area contributed by atoms with Crippen molar-refractivity contribution in [1.29, 1.82) is 0 Å². The molecule has 0 aliphatic carbocycles. The Balaban J connectivity index is 2.14. The minimum Gasteiger partial charge on any atom is -0.507 e. The van der Waals surface area contributed by atoms with Crippen LogP contribution in [0, 0.1) is 6.92 Å². The Hall–Kier alpha value is -1.67. The smallest absolute Gasteiger partial charge is 0.290 e. The Morgan fingerprint density at radius 1 is 1.48 bits per heavy atom. The number of carbonyl (C=O) groups excluding carboxylic acids is 1. The van der Waals surface area contributed by atoms with E-state index in [2.05, 4.69) is 47.5 Å². The van der Waals surface area contributed by atoms with E-state index in [-0.39, 0.29) is 5.75 Å². The van der Waals surface area contributed by atoms with Crippen LogP contribution >= 0.6 is 31.9 Å². The minimum atomic E-state index is -0.393. The van der Waals surface area contributed by atoms with Crippen LogP contribution in [0.2, 0.25) is 0 Å². The highest BCUT2D eigenvalue weighted by atomic mass is 79.9. The third-order valence-electron chi connectivity index (χ3n) is 2.72. The fourth-order valence-corrected chi connectivity index (χ4v) is 2.62. The van der Waals surface area contributed by atoms with Crippen LogP contribution in [0.25, 0.3) is 0 Å². The van der Waals surface area contributed by atoms with E-state index in [0.717, 1.165) is 10.2 Å². The molecule has 0 unspecified atom stereocenters. The lowest BCUT2D eigenvalue weighted by Crippen LogP contribution is -2.21. The van der Waals surface area contributed by atoms with Crippen molar-refractivity contribution in [3.63, 3.8) is 0 Å². The Morgan fingerprint density at radius 3 is 2.81 bits per heavy atom. The normalized spacial score (nSPS) is 11.0. The van der Waals surface area contributed by atoms with Gasteiger partial charge in [0.15, 0.2) is 0 Å². The lowest BCUT2D eigenvalue weighted by atomic mass is 10.2. The predicted octanol–water partition coefficient (Wildman–Crippen LogP) is 2.72. The van der Waals surface area contributed by atoms with Gasteiger partial charge in [-0.2, -0.15) is 10.2 Å². The number of hydrazone groups is 1. The number of aromatic nitrogens is 2. The molecule has 1 aromatic carbocycles. The maximum atomic E-state index is 12.1.